The van der Waals surface area contributed by atoms with Crippen molar-refractivity contribution in [3.8, 4) is 5.75 Å². The van der Waals surface area contributed by atoms with E-state index in [9.17, 15) is 4.39 Å². The Balaban J connectivity index is 2.15. The van der Waals surface area contributed by atoms with Crippen LogP contribution >= 0.6 is 15.9 Å². The van der Waals surface area contributed by atoms with Crippen LogP contribution in [0.15, 0.2) is 16.6 Å². The maximum atomic E-state index is 13.3. The van der Waals surface area contributed by atoms with E-state index in [-0.39, 0.29) is 17.3 Å². The first kappa shape index (κ1) is 14.6. The minimum Gasteiger partial charge on any atom is -0.488 e. The van der Waals surface area contributed by atoms with Crippen LogP contribution in [0.3, 0.4) is 0 Å². The molecular weight excluding hydrogens is 309 g/mol. The highest BCUT2D eigenvalue weighted by Gasteiger charge is 2.33. The molecule has 2 nitrogen and oxygen atoms in total. The van der Waals surface area contributed by atoms with Gasteiger partial charge in [0.15, 0.2) is 0 Å². The molecule has 106 valence electrons. The predicted octanol–water partition coefficient (Wildman–Crippen LogP) is 4.76. The second kappa shape index (κ2) is 5.31. The van der Waals surface area contributed by atoms with Crippen LogP contribution in [-0.4, -0.2) is 6.10 Å². The molecule has 0 saturated heterocycles. The smallest absolute Gasteiger partial charge is 0.143 e. The zero-order valence-electron chi connectivity index (χ0n) is 11.7. The van der Waals surface area contributed by atoms with Crippen molar-refractivity contribution in [3.05, 3.63) is 22.4 Å². The quantitative estimate of drug-likeness (QED) is 0.793. The van der Waals surface area contributed by atoms with Gasteiger partial charge in [-0.15, -0.1) is 0 Å². The average molecular weight is 330 g/mol. The molecule has 1 aromatic carbocycles. The first-order chi connectivity index (χ1) is 8.77. The van der Waals surface area contributed by atoms with E-state index in [1.54, 1.807) is 6.07 Å². The summed E-state index contributed by atoms with van der Waals surface area (Å²) in [5.41, 5.74) is 6.47. The van der Waals surface area contributed by atoms with E-state index in [0.29, 0.717) is 21.8 Å². The fraction of sp³-hybridized carbons (Fsp3) is 0.600. The minimum absolute atomic E-state index is 0.151. The Morgan fingerprint density at radius 3 is 2.68 bits per heavy atom. The molecule has 2 atom stereocenters. The molecule has 0 aliphatic heterocycles. The summed E-state index contributed by atoms with van der Waals surface area (Å²) in [4.78, 5) is 0. The molecule has 4 heteroatoms. The number of hydrogen-bond donors (Lipinski definition) is 1. The number of hydrogen-bond acceptors (Lipinski definition) is 2. The van der Waals surface area contributed by atoms with Crippen molar-refractivity contribution in [2.45, 2.75) is 46.1 Å². The first-order valence-corrected chi connectivity index (χ1v) is 7.47. The standard InChI is InChI=1S/C15H21BrFNO/c1-9-4-10(8-15(2,3)7-9)19-14-5-11(16)12(17)6-13(14)18/h5-6,9-10H,4,7-8,18H2,1-3H3. The van der Waals surface area contributed by atoms with Crippen LogP contribution < -0.4 is 10.5 Å². The third-order valence-electron chi connectivity index (χ3n) is 3.69. The van der Waals surface area contributed by atoms with Crippen molar-refractivity contribution in [2.24, 2.45) is 11.3 Å². The van der Waals surface area contributed by atoms with Gasteiger partial charge in [-0.1, -0.05) is 20.8 Å². The predicted molar refractivity (Wildman–Crippen MR) is 79.7 cm³/mol. The van der Waals surface area contributed by atoms with Crippen LogP contribution in [0.25, 0.3) is 0 Å². The van der Waals surface area contributed by atoms with Gasteiger partial charge in [-0.2, -0.15) is 0 Å². The molecule has 0 radical (unpaired) electrons. The van der Waals surface area contributed by atoms with Gasteiger partial charge >= 0.3 is 0 Å². The van der Waals surface area contributed by atoms with Crippen LogP contribution in [0.1, 0.15) is 40.0 Å². The molecule has 1 fully saturated rings. The Kier molecular flexibility index (Phi) is 4.09. The highest BCUT2D eigenvalue weighted by molar-refractivity contribution is 9.10. The van der Waals surface area contributed by atoms with Crippen molar-refractivity contribution in [1.82, 2.24) is 0 Å². The Morgan fingerprint density at radius 2 is 2.05 bits per heavy atom. The number of benzene rings is 1. The molecule has 0 amide bonds. The van der Waals surface area contributed by atoms with Gasteiger partial charge in [0.2, 0.25) is 0 Å². The zero-order valence-corrected chi connectivity index (χ0v) is 13.3. The molecule has 0 heterocycles. The lowest BCUT2D eigenvalue weighted by molar-refractivity contribution is 0.0566. The fourth-order valence-corrected chi connectivity index (χ4v) is 3.50. The SMILES string of the molecule is CC1CC(Oc2cc(Br)c(F)cc2N)CC(C)(C)C1. The molecule has 19 heavy (non-hydrogen) atoms. The summed E-state index contributed by atoms with van der Waals surface area (Å²) in [5, 5.41) is 0. The Labute approximate surface area is 122 Å². The summed E-state index contributed by atoms with van der Waals surface area (Å²) in [5.74, 6) is 0.851. The number of rotatable bonds is 2. The van der Waals surface area contributed by atoms with E-state index in [4.69, 9.17) is 10.5 Å². The first-order valence-electron chi connectivity index (χ1n) is 6.68. The lowest BCUT2D eigenvalue weighted by Gasteiger charge is -2.39. The van der Waals surface area contributed by atoms with Crippen LogP contribution in [-0.2, 0) is 0 Å². The lowest BCUT2D eigenvalue weighted by atomic mass is 9.71. The molecule has 1 aromatic rings. The maximum Gasteiger partial charge on any atom is 0.143 e. The monoisotopic (exact) mass is 329 g/mol. The van der Waals surface area contributed by atoms with Gasteiger partial charge in [-0.3, -0.25) is 0 Å². The van der Waals surface area contributed by atoms with E-state index in [1.807, 2.05) is 0 Å². The fourth-order valence-electron chi connectivity index (χ4n) is 3.17. The van der Waals surface area contributed by atoms with E-state index in [0.717, 1.165) is 12.8 Å². The Morgan fingerprint density at radius 1 is 1.37 bits per heavy atom. The van der Waals surface area contributed by atoms with Crippen LogP contribution in [0, 0.1) is 17.2 Å². The number of ether oxygens (including phenoxy) is 1. The lowest BCUT2D eigenvalue weighted by Crippen LogP contribution is -2.34. The second-order valence-corrected chi connectivity index (χ2v) is 7.31. The van der Waals surface area contributed by atoms with Crippen molar-refractivity contribution < 1.29 is 9.13 Å². The van der Waals surface area contributed by atoms with Crippen LogP contribution in [0.5, 0.6) is 5.75 Å². The summed E-state index contributed by atoms with van der Waals surface area (Å²) >= 11 is 3.17. The average Bonchev–Trinajstić information content (AvgIpc) is 2.22. The van der Waals surface area contributed by atoms with Gasteiger partial charge in [0.05, 0.1) is 16.3 Å². The van der Waals surface area contributed by atoms with E-state index in [1.165, 1.54) is 12.5 Å². The number of nitrogen functional groups attached to an aromatic ring is 1. The topological polar surface area (TPSA) is 35.2 Å². The molecule has 2 unspecified atom stereocenters. The molecule has 1 aliphatic rings. The van der Waals surface area contributed by atoms with Gasteiger partial charge in [-0.25, -0.2) is 4.39 Å². The largest absolute Gasteiger partial charge is 0.488 e. The highest BCUT2D eigenvalue weighted by Crippen LogP contribution is 2.41. The molecule has 2 rings (SSSR count). The summed E-state index contributed by atoms with van der Waals surface area (Å²) in [6, 6.07) is 2.92. The summed E-state index contributed by atoms with van der Waals surface area (Å²) < 4.78 is 19.7. The number of nitrogens with two attached hydrogens (primary N) is 1. The van der Waals surface area contributed by atoms with Crippen molar-refractivity contribution in [1.29, 1.82) is 0 Å². The Hall–Kier alpha value is -0.770. The van der Waals surface area contributed by atoms with Crippen molar-refractivity contribution in [2.75, 3.05) is 5.73 Å². The van der Waals surface area contributed by atoms with E-state index in [2.05, 4.69) is 36.7 Å². The summed E-state index contributed by atoms with van der Waals surface area (Å²) in [6.07, 6.45) is 3.40. The molecule has 2 N–H and O–H groups in total. The summed E-state index contributed by atoms with van der Waals surface area (Å²) in [7, 11) is 0. The third-order valence-corrected chi connectivity index (χ3v) is 4.30. The molecule has 0 aromatic heterocycles. The van der Waals surface area contributed by atoms with Gasteiger partial charge in [-0.05, 0) is 52.6 Å². The van der Waals surface area contributed by atoms with Gasteiger partial charge in [0.1, 0.15) is 11.6 Å². The highest BCUT2D eigenvalue weighted by atomic mass is 79.9. The van der Waals surface area contributed by atoms with E-state index < -0.39 is 0 Å². The molecular formula is C15H21BrFNO. The van der Waals surface area contributed by atoms with Crippen molar-refractivity contribution in [3.63, 3.8) is 0 Å². The van der Waals surface area contributed by atoms with Gasteiger partial charge in [0.25, 0.3) is 0 Å². The molecule has 1 aliphatic carbocycles. The van der Waals surface area contributed by atoms with Crippen LogP contribution in [0.4, 0.5) is 10.1 Å². The van der Waals surface area contributed by atoms with Gasteiger partial charge < -0.3 is 10.5 Å². The summed E-state index contributed by atoms with van der Waals surface area (Å²) in [6.45, 7) is 6.78. The maximum absolute atomic E-state index is 13.3. The van der Waals surface area contributed by atoms with Crippen molar-refractivity contribution >= 4 is 21.6 Å². The normalized spacial score (nSPS) is 26.2. The zero-order chi connectivity index (χ0) is 14.2. The molecule has 1 saturated carbocycles. The number of halogens is 2. The molecule has 0 bridgehead atoms. The molecule has 0 spiro atoms. The third kappa shape index (κ3) is 3.62. The second-order valence-electron chi connectivity index (χ2n) is 6.46. The Bertz CT molecular complexity index is 475. The number of anilines is 1. The minimum atomic E-state index is -0.359. The van der Waals surface area contributed by atoms with E-state index >= 15 is 0 Å². The van der Waals surface area contributed by atoms with Crippen LogP contribution in [0.2, 0.25) is 0 Å². The van der Waals surface area contributed by atoms with Gasteiger partial charge in [0, 0.05) is 6.07 Å².